The maximum Gasteiger partial charge on any atom is 0.322 e. The predicted molar refractivity (Wildman–Crippen MR) is 67.6 cm³/mol. The second-order valence-corrected chi connectivity index (χ2v) is 4.47. The number of aliphatic carboxylic acids is 1. The Morgan fingerprint density at radius 1 is 1.42 bits per heavy atom. The summed E-state index contributed by atoms with van der Waals surface area (Å²) in [5.74, 6) is -1.70. The summed E-state index contributed by atoms with van der Waals surface area (Å²) in [6.07, 6.45) is 1.64. The summed E-state index contributed by atoms with van der Waals surface area (Å²) in [5.41, 5.74) is 1.73. The first kappa shape index (κ1) is 13.3. The molecule has 2 N–H and O–H groups in total. The number of rotatable bonds is 4. The van der Waals surface area contributed by atoms with Gasteiger partial charge in [0.1, 0.15) is 12.4 Å². The standard InChI is InChI=1S/C13H15FN2O3/c14-10-3-4-11-9(6-10)2-1-5-16(11)8-12(17)15-7-13(18)19/h3-4,6H,1-2,5,7-8H2,(H,15,17)(H,18,19). The molecule has 1 aromatic rings. The number of fused-ring (bicyclic) bond motifs is 1. The Labute approximate surface area is 110 Å². The van der Waals surface area contributed by atoms with E-state index in [9.17, 15) is 14.0 Å². The first-order valence-corrected chi connectivity index (χ1v) is 6.08. The van der Waals surface area contributed by atoms with Crippen LogP contribution in [0.25, 0.3) is 0 Å². The van der Waals surface area contributed by atoms with Gasteiger partial charge in [-0.15, -0.1) is 0 Å². The fraction of sp³-hybridized carbons (Fsp3) is 0.385. The van der Waals surface area contributed by atoms with Gasteiger partial charge in [0.15, 0.2) is 0 Å². The second-order valence-electron chi connectivity index (χ2n) is 4.47. The molecule has 0 radical (unpaired) electrons. The summed E-state index contributed by atoms with van der Waals surface area (Å²) in [6.45, 7) is 0.411. The van der Waals surface area contributed by atoms with Crippen molar-refractivity contribution in [2.75, 3.05) is 24.5 Å². The molecule has 1 aromatic carbocycles. The molecule has 0 saturated carbocycles. The number of benzene rings is 1. The van der Waals surface area contributed by atoms with E-state index in [1.54, 1.807) is 6.07 Å². The molecule has 0 saturated heterocycles. The van der Waals surface area contributed by atoms with E-state index in [0.29, 0.717) is 6.54 Å². The van der Waals surface area contributed by atoms with Gasteiger partial charge < -0.3 is 15.3 Å². The number of amides is 1. The van der Waals surface area contributed by atoms with E-state index in [2.05, 4.69) is 5.32 Å². The molecule has 2 rings (SSSR count). The van der Waals surface area contributed by atoms with Crippen LogP contribution in [0.4, 0.5) is 10.1 Å². The summed E-state index contributed by atoms with van der Waals surface area (Å²) < 4.78 is 13.1. The van der Waals surface area contributed by atoms with Crippen LogP contribution < -0.4 is 10.2 Å². The molecule has 0 spiro atoms. The zero-order valence-corrected chi connectivity index (χ0v) is 10.4. The lowest BCUT2D eigenvalue weighted by atomic mass is 10.0. The molecule has 6 heteroatoms. The van der Waals surface area contributed by atoms with Crippen LogP contribution in [0.3, 0.4) is 0 Å². The van der Waals surface area contributed by atoms with E-state index in [1.165, 1.54) is 12.1 Å². The highest BCUT2D eigenvalue weighted by Crippen LogP contribution is 2.27. The Bertz CT molecular complexity index is 505. The van der Waals surface area contributed by atoms with Gasteiger partial charge in [-0.25, -0.2) is 4.39 Å². The van der Waals surface area contributed by atoms with Gasteiger partial charge in [0.2, 0.25) is 5.91 Å². The van der Waals surface area contributed by atoms with Crippen molar-refractivity contribution in [3.63, 3.8) is 0 Å². The van der Waals surface area contributed by atoms with Crippen LogP contribution >= 0.6 is 0 Å². The first-order valence-electron chi connectivity index (χ1n) is 6.08. The zero-order valence-electron chi connectivity index (χ0n) is 10.4. The van der Waals surface area contributed by atoms with Crippen LogP contribution in [0.1, 0.15) is 12.0 Å². The Kier molecular flexibility index (Phi) is 3.99. The number of nitrogens with one attached hydrogen (secondary N) is 1. The van der Waals surface area contributed by atoms with Crippen molar-refractivity contribution in [2.24, 2.45) is 0 Å². The third-order valence-corrected chi connectivity index (χ3v) is 3.03. The van der Waals surface area contributed by atoms with Gasteiger partial charge in [0.05, 0.1) is 6.54 Å². The van der Waals surface area contributed by atoms with Crippen LogP contribution in [-0.2, 0) is 16.0 Å². The maximum absolute atomic E-state index is 13.1. The minimum Gasteiger partial charge on any atom is -0.480 e. The maximum atomic E-state index is 13.1. The van der Waals surface area contributed by atoms with Crippen molar-refractivity contribution in [1.82, 2.24) is 5.32 Å². The molecular weight excluding hydrogens is 251 g/mol. The number of hydrogen-bond acceptors (Lipinski definition) is 3. The predicted octanol–water partition coefficient (Wildman–Crippen LogP) is 0.779. The molecule has 19 heavy (non-hydrogen) atoms. The third kappa shape index (κ3) is 3.43. The zero-order chi connectivity index (χ0) is 13.8. The molecule has 0 aromatic heterocycles. The SMILES string of the molecule is O=C(O)CNC(=O)CN1CCCc2cc(F)ccc21. The van der Waals surface area contributed by atoms with E-state index >= 15 is 0 Å². The van der Waals surface area contributed by atoms with Crippen molar-refractivity contribution < 1.29 is 19.1 Å². The van der Waals surface area contributed by atoms with Crippen LogP contribution in [0, 0.1) is 5.82 Å². The summed E-state index contributed by atoms with van der Waals surface area (Å²) in [6, 6.07) is 4.51. The van der Waals surface area contributed by atoms with Gasteiger partial charge in [-0.05, 0) is 36.6 Å². The number of carbonyl (C=O) groups excluding carboxylic acids is 1. The molecule has 0 bridgehead atoms. The monoisotopic (exact) mass is 266 g/mol. The number of nitrogens with zero attached hydrogens (tertiary/aromatic N) is 1. The molecule has 0 atom stereocenters. The molecule has 0 unspecified atom stereocenters. The Morgan fingerprint density at radius 3 is 2.95 bits per heavy atom. The first-order chi connectivity index (χ1) is 9.06. The summed E-state index contributed by atoms with van der Waals surface area (Å²) >= 11 is 0. The Morgan fingerprint density at radius 2 is 2.21 bits per heavy atom. The molecule has 5 nitrogen and oxygen atoms in total. The van der Waals surface area contributed by atoms with Crippen molar-refractivity contribution >= 4 is 17.6 Å². The van der Waals surface area contributed by atoms with Crippen LogP contribution in [-0.4, -0.2) is 36.6 Å². The highest BCUT2D eigenvalue weighted by molar-refractivity contribution is 5.85. The largest absolute Gasteiger partial charge is 0.480 e. The molecule has 1 amide bonds. The van der Waals surface area contributed by atoms with Gasteiger partial charge >= 0.3 is 5.97 Å². The minimum atomic E-state index is -1.07. The van der Waals surface area contributed by atoms with Gasteiger partial charge in [-0.1, -0.05) is 0 Å². The molecule has 1 aliphatic rings. The van der Waals surface area contributed by atoms with E-state index in [0.717, 1.165) is 24.1 Å². The fourth-order valence-electron chi connectivity index (χ4n) is 2.21. The van der Waals surface area contributed by atoms with E-state index in [4.69, 9.17) is 5.11 Å². The van der Waals surface area contributed by atoms with Gasteiger partial charge in [0, 0.05) is 12.2 Å². The molecular formula is C13H15FN2O3. The Hall–Kier alpha value is -2.11. The highest BCUT2D eigenvalue weighted by atomic mass is 19.1. The Balaban J connectivity index is 2.03. The summed E-state index contributed by atoms with van der Waals surface area (Å²) in [4.78, 5) is 23.8. The summed E-state index contributed by atoms with van der Waals surface area (Å²) in [7, 11) is 0. The normalized spacial score (nSPS) is 13.8. The van der Waals surface area contributed by atoms with Crippen molar-refractivity contribution in [3.05, 3.63) is 29.6 Å². The topological polar surface area (TPSA) is 69.6 Å². The van der Waals surface area contributed by atoms with Gasteiger partial charge in [0.25, 0.3) is 0 Å². The van der Waals surface area contributed by atoms with Crippen molar-refractivity contribution in [3.8, 4) is 0 Å². The molecule has 1 aliphatic heterocycles. The minimum absolute atomic E-state index is 0.0892. The number of carboxylic acid groups (broad SMARTS) is 1. The number of halogens is 1. The summed E-state index contributed by atoms with van der Waals surface area (Å²) in [5, 5.41) is 10.8. The van der Waals surface area contributed by atoms with Crippen molar-refractivity contribution in [1.29, 1.82) is 0 Å². The number of carboxylic acids is 1. The average Bonchev–Trinajstić information content (AvgIpc) is 2.36. The quantitative estimate of drug-likeness (QED) is 0.845. The number of carbonyl (C=O) groups is 2. The smallest absolute Gasteiger partial charge is 0.322 e. The molecule has 102 valence electrons. The van der Waals surface area contributed by atoms with Crippen LogP contribution in [0.2, 0.25) is 0 Å². The number of aryl methyl sites for hydroxylation is 1. The van der Waals surface area contributed by atoms with E-state index in [1.807, 2.05) is 4.90 Å². The second kappa shape index (κ2) is 5.69. The molecule has 0 fully saturated rings. The van der Waals surface area contributed by atoms with Gasteiger partial charge in [-0.3, -0.25) is 9.59 Å². The molecule has 0 aliphatic carbocycles. The fourth-order valence-corrected chi connectivity index (χ4v) is 2.21. The lowest BCUT2D eigenvalue weighted by molar-refractivity contribution is -0.137. The van der Waals surface area contributed by atoms with E-state index < -0.39 is 5.97 Å². The average molecular weight is 266 g/mol. The van der Waals surface area contributed by atoms with Crippen molar-refractivity contribution in [2.45, 2.75) is 12.8 Å². The van der Waals surface area contributed by atoms with Gasteiger partial charge in [-0.2, -0.15) is 0 Å². The van der Waals surface area contributed by atoms with Crippen LogP contribution in [0.15, 0.2) is 18.2 Å². The number of hydrogen-bond donors (Lipinski definition) is 2. The number of anilines is 1. The lowest BCUT2D eigenvalue weighted by Crippen LogP contribution is -2.41. The highest BCUT2D eigenvalue weighted by Gasteiger charge is 2.19. The third-order valence-electron chi connectivity index (χ3n) is 3.03. The lowest BCUT2D eigenvalue weighted by Gasteiger charge is -2.30. The molecule has 1 heterocycles. The van der Waals surface area contributed by atoms with Crippen LogP contribution in [0.5, 0.6) is 0 Å². The van der Waals surface area contributed by atoms with E-state index in [-0.39, 0.29) is 24.8 Å².